The van der Waals surface area contributed by atoms with Crippen LogP contribution in [0.1, 0.15) is 19.5 Å². The van der Waals surface area contributed by atoms with E-state index in [1.807, 2.05) is 26.8 Å². The molecule has 1 amide bonds. The van der Waals surface area contributed by atoms with Gasteiger partial charge in [-0.1, -0.05) is 0 Å². The second-order valence-corrected chi connectivity index (χ2v) is 7.62. The Bertz CT molecular complexity index is 1300. The fourth-order valence-electron chi connectivity index (χ4n) is 3.28. The van der Waals surface area contributed by atoms with Gasteiger partial charge in [0.05, 0.1) is 23.5 Å². The molecular weight excluding hydrogens is 425 g/mol. The number of rotatable bonds is 6. The number of carbonyl (C=O) groups excluding carboxylic acids is 1. The number of benzene rings is 2. The number of aryl methyl sites for hydroxylation is 1. The van der Waals surface area contributed by atoms with E-state index in [1.54, 1.807) is 43.4 Å². The molecule has 4 aromatic rings. The molecule has 0 radical (unpaired) electrons. The van der Waals surface area contributed by atoms with Gasteiger partial charge in [0.25, 0.3) is 0 Å². The Morgan fingerprint density at radius 2 is 1.82 bits per heavy atom. The van der Waals surface area contributed by atoms with Crippen molar-refractivity contribution in [2.24, 2.45) is 0 Å². The molecule has 0 saturated heterocycles. The molecular formula is C23H24FN7O2. The summed E-state index contributed by atoms with van der Waals surface area (Å²) in [7, 11) is 1.55. The van der Waals surface area contributed by atoms with Crippen molar-refractivity contribution in [3.63, 3.8) is 0 Å². The van der Waals surface area contributed by atoms with Gasteiger partial charge in [-0.25, -0.2) is 14.2 Å². The summed E-state index contributed by atoms with van der Waals surface area (Å²) in [4.78, 5) is 20.3. The Balaban J connectivity index is 1.55. The predicted octanol–water partition coefficient (Wildman–Crippen LogP) is 4.74. The number of carbonyl (C=O) groups is 1. The van der Waals surface area contributed by atoms with Crippen LogP contribution in [0.25, 0.3) is 10.9 Å². The molecule has 0 saturated carbocycles. The van der Waals surface area contributed by atoms with Crippen LogP contribution >= 0.6 is 0 Å². The maximum absolute atomic E-state index is 14.3. The van der Waals surface area contributed by atoms with Crippen LogP contribution in [0.3, 0.4) is 0 Å². The number of hydrogen-bond acceptors (Lipinski definition) is 7. The number of halogens is 1. The zero-order valence-corrected chi connectivity index (χ0v) is 18.7. The van der Waals surface area contributed by atoms with E-state index in [1.165, 1.54) is 4.68 Å². The van der Waals surface area contributed by atoms with Crippen LogP contribution in [0.4, 0.5) is 32.3 Å². The Kier molecular flexibility index (Phi) is 6.07. The fourth-order valence-corrected chi connectivity index (χ4v) is 3.28. The van der Waals surface area contributed by atoms with Crippen LogP contribution in [0, 0.1) is 12.7 Å². The summed E-state index contributed by atoms with van der Waals surface area (Å²) in [6, 6.07) is 12.2. The third-order valence-electron chi connectivity index (χ3n) is 4.76. The van der Waals surface area contributed by atoms with Gasteiger partial charge in [0, 0.05) is 23.8 Å². The third kappa shape index (κ3) is 4.84. The largest absolute Gasteiger partial charge is 0.491 e. The first-order valence-corrected chi connectivity index (χ1v) is 10.4. The van der Waals surface area contributed by atoms with Crippen LogP contribution < -0.4 is 20.7 Å². The molecule has 0 fully saturated rings. The normalized spacial score (nSPS) is 11.0. The Hall–Kier alpha value is -4.21. The SMILES string of the molecule is CNC(=O)n1nc(C)c2cc(Nc3ncc(F)c(Nc4ccc(OC(C)C)cc4)n3)ccc21. The van der Waals surface area contributed by atoms with Gasteiger partial charge in [-0.2, -0.15) is 14.8 Å². The van der Waals surface area contributed by atoms with Gasteiger partial charge in [0.2, 0.25) is 5.95 Å². The van der Waals surface area contributed by atoms with E-state index in [0.717, 1.165) is 17.3 Å². The molecule has 3 N–H and O–H groups in total. The van der Waals surface area contributed by atoms with Gasteiger partial charge in [0.1, 0.15) is 5.75 Å². The minimum Gasteiger partial charge on any atom is -0.491 e. The first kappa shape index (κ1) is 22.0. The molecule has 0 spiro atoms. The molecule has 0 aliphatic rings. The molecule has 0 atom stereocenters. The van der Waals surface area contributed by atoms with Crippen molar-refractivity contribution in [2.75, 3.05) is 17.7 Å². The summed E-state index contributed by atoms with van der Waals surface area (Å²) in [5.74, 6) is 0.400. The van der Waals surface area contributed by atoms with Gasteiger partial charge in [-0.3, -0.25) is 0 Å². The summed E-state index contributed by atoms with van der Waals surface area (Å²) < 4.78 is 21.3. The molecule has 10 heteroatoms. The summed E-state index contributed by atoms with van der Waals surface area (Å²) in [5.41, 5.74) is 2.71. The number of hydrogen-bond donors (Lipinski definition) is 3. The molecule has 2 heterocycles. The lowest BCUT2D eigenvalue weighted by Crippen LogP contribution is -2.25. The number of nitrogens with one attached hydrogen (secondary N) is 3. The standard InChI is InChI=1S/C23H24FN7O2/c1-13(2)33-17-8-5-15(6-9-17)27-21-19(24)12-26-22(29-21)28-16-7-10-20-18(11-16)14(3)30-31(20)23(32)25-4/h5-13H,1-4H3,(H,25,32)(H2,26,27,28,29). The predicted molar refractivity (Wildman–Crippen MR) is 125 cm³/mol. The lowest BCUT2D eigenvalue weighted by molar-refractivity contribution is 0.242. The van der Waals surface area contributed by atoms with Crippen LogP contribution in [0.2, 0.25) is 0 Å². The maximum atomic E-state index is 14.3. The summed E-state index contributed by atoms with van der Waals surface area (Å²) >= 11 is 0. The van der Waals surface area contributed by atoms with Gasteiger partial charge in [-0.05, 0) is 63.2 Å². The highest BCUT2D eigenvalue weighted by Gasteiger charge is 2.14. The number of ether oxygens (including phenoxy) is 1. The molecule has 2 aromatic carbocycles. The number of nitrogens with zero attached hydrogens (tertiary/aromatic N) is 4. The van der Waals surface area contributed by atoms with E-state index in [4.69, 9.17) is 4.74 Å². The monoisotopic (exact) mass is 449 g/mol. The van der Waals surface area contributed by atoms with Crippen LogP contribution in [0.15, 0.2) is 48.7 Å². The minimum atomic E-state index is -0.582. The second-order valence-electron chi connectivity index (χ2n) is 7.62. The Labute approximate surface area is 190 Å². The molecule has 9 nitrogen and oxygen atoms in total. The van der Waals surface area contributed by atoms with Gasteiger partial charge in [-0.15, -0.1) is 0 Å². The molecule has 0 unspecified atom stereocenters. The smallest absolute Gasteiger partial charge is 0.342 e. The molecule has 33 heavy (non-hydrogen) atoms. The first-order chi connectivity index (χ1) is 15.8. The van der Waals surface area contributed by atoms with E-state index in [9.17, 15) is 9.18 Å². The molecule has 170 valence electrons. The fraction of sp³-hybridized carbons (Fsp3) is 0.217. The van der Waals surface area contributed by atoms with Crippen molar-refractivity contribution in [2.45, 2.75) is 26.9 Å². The summed E-state index contributed by atoms with van der Waals surface area (Å²) in [6.45, 7) is 5.72. The Morgan fingerprint density at radius 1 is 1.09 bits per heavy atom. The van der Waals surface area contributed by atoms with E-state index in [2.05, 4.69) is 31.0 Å². The average molecular weight is 449 g/mol. The van der Waals surface area contributed by atoms with Crippen LogP contribution in [-0.4, -0.2) is 38.9 Å². The average Bonchev–Trinajstić information content (AvgIpc) is 3.12. The second kappa shape index (κ2) is 9.11. The topological polar surface area (TPSA) is 106 Å². The van der Waals surface area contributed by atoms with Gasteiger partial charge in [0.15, 0.2) is 11.6 Å². The lowest BCUT2D eigenvalue weighted by Gasteiger charge is -2.12. The van der Waals surface area contributed by atoms with Crippen molar-refractivity contribution >= 4 is 40.1 Å². The number of anilines is 4. The van der Waals surface area contributed by atoms with Crippen molar-refractivity contribution in [3.05, 3.63) is 60.2 Å². The van der Waals surface area contributed by atoms with Crippen molar-refractivity contribution in [1.82, 2.24) is 25.1 Å². The third-order valence-corrected chi connectivity index (χ3v) is 4.76. The van der Waals surface area contributed by atoms with Crippen molar-refractivity contribution < 1.29 is 13.9 Å². The van der Waals surface area contributed by atoms with Crippen LogP contribution in [0.5, 0.6) is 5.75 Å². The molecule has 0 aliphatic carbocycles. The van der Waals surface area contributed by atoms with E-state index in [0.29, 0.717) is 22.6 Å². The van der Waals surface area contributed by atoms with Gasteiger partial charge >= 0.3 is 6.03 Å². The first-order valence-electron chi connectivity index (χ1n) is 10.4. The number of fused-ring (bicyclic) bond motifs is 1. The highest BCUT2D eigenvalue weighted by molar-refractivity contribution is 5.93. The van der Waals surface area contributed by atoms with E-state index in [-0.39, 0.29) is 23.9 Å². The minimum absolute atomic E-state index is 0.0368. The maximum Gasteiger partial charge on any atom is 0.342 e. The molecule has 0 bridgehead atoms. The Morgan fingerprint density at radius 3 is 2.52 bits per heavy atom. The van der Waals surface area contributed by atoms with E-state index >= 15 is 0 Å². The number of amides is 1. The molecule has 4 rings (SSSR count). The highest BCUT2D eigenvalue weighted by Crippen LogP contribution is 2.26. The molecule has 2 aromatic heterocycles. The molecule has 0 aliphatic heterocycles. The van der Waals surface area contributed by atoms with Crippen molar-refractivity contribution in [1.29, 1.82) is 0 Å². The summed E-state index contributed by atoms with van der Waals surface area (Å²) in [6.07, 6.45) is 1.17. The quantitative estimate of drug-likeness (QED) is 0.390. The zero-order valence-electron chi connectivity index (χ0n) is 18.7. The summed E-state index contributed by atoms with van der Waals surface area (Å²) in [5, 5.41) is 13.7. The zero-order chi connectivity index (χ0) is 23.5. The van der Waals surface area contributed by atoms with Gasteiger partial charge < -0.3 is 20.7 Å². The van der Waals surface area contributed by atoms with Crippen LogP contribution in [-0.2, 0) is 0 Å². The lowest BCUT2D eigenvalue weighted by atomic mass is 10.2. The van der Waals surface area contributed by atoms with E-state index < -0.39 is 5.82 Å². The number of aromatic nitrogens is 4. The van der Waals surface area contributed by atoms with Crippen molar-refractivity contribution in [3.8, 4) is 5.75 Å². The highest BCUT2D eigenvalue weighted by atomic mass is 19.1.